The molecule has 3 aromatic carbocycles. The number of unbranched alkanes of at least 4 members (excludes halogenated alkanes) is 1. The lowest BCUT2D eigenvalue weighted by Crippen LogP contribution is -2.54. The molecule has 13 heteroatoms. The summed E-state index contributed by atoms with van der Waals surface area (Å²) in [5, 5.41) is 13.1. The molecule has 4 rings (SSSR count). The Morgan fingerprint density at radius 2 is 1.57 bits per heavy atom. The van der Waals surface area contributed by atoms with Crippen LogP contribution in [0, 0.1) is 0 Å². The number of hydrogen-bond donors (Lipinski definition) is 2. The molecule has 3 aromatic rings. The number of amides is 3. The van der Waals surface area contributed by atoms with E-state index in [0.29, 0.717) is 48.3 Å². The smallest absolute Gasteiger partial charge is 0.430 e. The summed E-state index contributed by atoms with van der Waals surface area (Å²) in [6.45, 7) is 3.43. The van der Waals surface area contributed by atoms with Gasteiger partial charge in [-0.05, 0) is 60.7 Å². The topological polar surface area (TPSA) is 84.9 Å². The molecule has 2 atom stereocenters. The lowest BCUT2D eigenvalue weighted by Gasteiger charge is -2.33. The molecule has 264 valence electrons. The highest BCUT2D eigenvalue weighted by Gasteiger charge is 2.71. The molecule has 2 N–H and O–H groups in total. The van der Waals surface area contributed by atoms with E-state index in [1.54, 1.807) is 61.5 Å². The first-order valence-corrected chi connectivity index (χ1v) is 15.7. The maximum atomic E-state index is 13.9. The summed E-state index contributed by atoms with van der Waals surface area (Å²) in [6, 6.07) is 16.1. The number of ether oxygens (including phenoxy) is 2. The number of quaternary nitrogens is 1. The zero-order chi connectivity index (χ0) is 36.3. The number of urea groups is 1. The zero-order valence-electron chi connectivity index (χ0n) is 27.5. The number of imide groups is 1. The van der Waals surface area contributed by atoms with Crippen LogP contribution in [0.3, 0.4) is 0 Å². The maximum absolute atomic E-state index is 13.9. The van der Waals surface area contributed by atoms with E-state index >= 15 is 0 Å². The summed E-state index contributed by atoms with van der Waals surface area (Å²) in [5.74, 6) is 0.320. The molecule has 0 aliphatic carbocycles. The summed E-state index contributed by atoms with van der Waals surface area (Å²) in [6.07, 6.45) is -8.54. The minimum atomic E-state index is -6.06. The fraction of sp³-hybridized carbons (Fsp3) is 0.389. The first-order valence-electron chi connectivity index (χ1n) is 15.7. The van der Waals surface area contributed by atoms with Gasteiger partial charge in [0.05, 0.1) is 27.3 Å². The second-order valence-electron chi connectivity index (χ2n) is 12.1. The van der Waals surface area contributed by atoms with Crippen molar-refractivity contribution in [3.8, 4) is 11.5 Å². The third-order valence-corrected chi connectivity index (χ3v) is 8.96. The van der Waals surface area contributed by atoms with Gasteiger partial charge in [0.15, 0.2) is 5.54 Å². The fourth-order valence-electron chi connectivity index (χ4n) is 6.13. The van der Waals surface area contributed by atoms with E-state index in [1.807, 2.05) is 0 Å². The van der Waals surface area contributed by atoms with Gasteiger partial charge in [-0.2, -0.15) is 30.8 Å². The van der Waals surface area contributed by atoms with Gasteiger partial charge in [-0.1, -0.05) is 61.5 Å². The molecule has 1 aliphatic heterocycles. The number of aliphatic hydroxyl groups is 1. The molecule has 0 saturated carbocycles. The Morgan fingerprint density at radius 1 is 0.939 bits per heavy atom. The van der Waals surface area contributed by atoms with Crippen LogP contribution in [0.2, 0.25) is 0 Å². The Kier molecular flexibility index (Phi) is 10.9. The standard InChI is InChI=1S/C36H38F6N2O5/c1-5-12-25-22-28(34(47,35(37,38)39)36(40,41)42)23-26(21-24-13-8-7-9-14-24)30(25)49-20-11-10-19-44(3)31(45)33(6-2,43-32(44)46)27-15-17-29(48-4)18-16-27/h5,7-9,12-18,22-23,47H,6,10-11,19-21H2,1-4H3/p+1. The largest absolute Gasteiger partial charge is 0.497 e. The molecule has 1 heterocycles. The second kappa shape index (κ2) is 14.2. The molecule has 1 fully saturated rings. The lowest BCUT2D eigenvalue weighted by molar-refractivity contribution is -0.747. The van der Waals surface area contributed by atoms with Crippen molar-refractivity contribution in [3.05, 3.63) is 101 Å². The van der Waals surface area contributed by atoms with Crippen molar-refractivity contribution in [2.75, 3.05) is 27.3 Å². The Morgan fingerprint density at radius 3 is 2.12 bits per heavy atom. The lowest BCUT2D eigenvalue weighted by atomic mass is 9.86. The highest BCUT2D eigenvalue weighted by atomic mass is 19.4. The third-order valence-electron chi connectivity index (χ3n) is 8.96. The van der Waals surface area contributed by atoms with Crippen molar-refractivity contribution >= 4 is 18.0 Å². The van der Waals surface area contributed by atoms with Gasteiger partial charge in [-0.15, -0.1) is 0 Å². The number of halogens is 6. The Labute approximate surface area is 280 Å². The first-order chi connectivity index (χ1) is 23.0. The molecule has 49 heavy (non-hydrogen) atoms. The van der Waals surface area contributed by atoms with Gasteiger partial charge >= 0.3 is 24.3 Å². The van der Waals surface area contributed by atoms with E-state index in [9.17, 15) is 41.0 Å². The minimum absolute atomic E-state index is 0.00374. The van der Waals surface area contributed by atoms with Crippen molar-refractivity contribution in [2.45, 2.75) is 63.0 Å². The number of carbonyl (C=O) groups is 2. The van der Waals surface area contributed by atoms with Crippen LogP contribution in [0.15, 0.2) is 72.8 Å². The first kappa shape index (κ1) is 37.5. The predicted octanol–water partition coefficient (Wildman–Crippen LogP) is 7.79. The van der Waals surface area contributed by atoms with E-state index in [0.717, 1.165) is 0 Å². The van der Waals surface area contributed by atoms with Crippen LogP contribution in [0.1, 0.15) is 60.9 Å². The molecule has 0 bridgehead atoms. The summed E-state index contributed by atoms with van der Waals surface area (Å²) >= 11 is 0. The number of alkyl halides is 6. The van der Waals surface area contributed by atoms with Crippen molar-refractivity contribution in [2.24, 2.45) is 0 Å². The van der Waals surface area contributed by atoms with Crippen LogP contribution < -0.4 is 14.8 Å². The zero-order valence-corrected chi connectivity index (χ0v) is 27.5. The number of benzene rings is 3. The van der Waals surface area contributed by atoms with E-state index in [4.69, 9.17) is 9.47 Å². The molecule has 0 aromatic heterocycles. The van der Waals surface area contributed by atoms with Gasteiger partial charge in [0, 0.05) is 24.0 Å². The molecular formula is C36H39F6N2O5+. The quantitative estimate of drug-likeness (QED) is 0.0827. The number of hydrogen-bond acceptors (Lipinski definition) is 5. The number of allylic oxidation sites excluding steroid dienone is 1. The molecule has 1 saturated heterocycles. The van der Waals surface area contributed by atoms with Crippen LogP contribution in [-0.4, -0.2) is 61.2 Å². The molecule has 0 radical (unpaired) electrons. The van der Waals surface area contributed by atoms with Crippen LogP contribution in [0.4, 0.5) is 31.1 Å². The summed E-state index contributed by atoms with van der Waals surface area (Å²) < 4.78 is 94.0. The number of rotatable bonds is 13. The van der Waals surface area contributed by atoms with E-state index < -0.39 is 39.6 Å². The van der Waals surface area contributed by atoms with Gasteiger partial charge in [-0.3, -0.25) is 5.32 Å². The molecule has 7 nitrogen and oxygen atoms in total. The maximum Gasteiger partial charge on any atom is 0.430 e. The number of methoxy groups -OCH3 is 1. The molecule has 2 unspecified atom stereocenters. The molecular weight excluding hydrogens is 654 g/mol. The van der Waals surface area contributed by atoms with E-state index in [-0.39, 0.29) is 42.4 Å². The number of nitrogens with one attached hydrogen (secondary N) is 1. The Hall–Kier alpha value is -4.36. The number of likely N-dealkylation sites (N-methyl/N-ethyl adjacent to an activating group) is 1. The predicted molar refractivity (Wildman–Crippen MR) is 171 cm³/mol. The van der Waals surface area contributed by atoms with Crippen LogP contribution in [-0.2, 0) is 22.4 Å². The van der Waals surface area contributed by atoms with Crippen LogP contribution in [0.5, 0.6) is 11.5 Å². The van der Waals surface area contributed by atoms with Crippen molar-refractivity contribution < 1.29 is 55.0 Å². The minimum Gasteiger partial charge on any atom is -0.497 e. The Balaban J connectivity index is 1.59. The summed E-state index contributed by atoms with van der Waals surface area (Å²) in [4.78, 5) is 27.1. The van der Waals surface area contributed by atoms with Gasteiger partial charge in [0.25, 0.3) is 5.60 Å². The third kappa shape index (κ3) is 7.04. The normalized spacial score (nSPS) is 20.1. The van der Waals surface area contributed by atoms with Gasteiger partial charge in [-0.25, -0.2) is 9.59 Å². The number of nitrogens with zero attached hydrogens (tertiary/aromatic N) is 1. The second-order valence-corrected chi connectivity index (χ2v) is 12.1. The number of carbonyl (C=O) groups excluding carboxylic acids is 2. The van der Waals surface area contributed by atoms with E-state index in [1.165, 1.54) is 33.2 Å². The van der Waals surface area contributed by atoms with Gasteiger partial charge in [0.2, 0.25) is 0 Å². The monoisotopic (exact) mass is 693 g/mol. The highest BCUT2D eigenvalue weighted by Crippen LogP contribution is 2.51. The highest BCUT2D eigenvalue weighted by molar-refractivity contribution is 5.98. The average molecular weight is 694 g/mol. The SMILES string of the molecule is CC=Cc1cc(C(O)(C(F)(F)F)C(F)(F)F)cc(Cc2ccccc2)c1OCCCC[N+]1(C)C(=O)NC(CC)(c2ccc(OC)cc2)C1=O. The van der Waals surface area contributed by atoms with Gasteiger partial charge in [0.1, 0.15) is 11.5 Å². The molecule has 1 aliphatic rings. The molecule has 3 amide bonds. The average Bonchev–Trinajstić information content (AvgIpc) is 3.25. The van der Waals surface area contributed by atoms with Crippen LogP contribution >= 0.6 is 0 Å². The van der Waals surface area contributed by atoms with Gasteiger partial charge < -0.3 is 14.6 Å². The summed E-state index contributed by atoms with van der Waals surface area (Å²) in [5.41, 5.74) is -6.62. The molecule has 0 spiro atoms. The fourth-order valence-corrected chi connectivity index (χ4v) is 6.13. The van der Waals surface area contributed by atoms with E-state index in [2.05, 4.69) is 5.32 Å². The summed E-state index contributed by atoms with van der Waals surface area (Å²) in [7, 11) is 3.05. The van der Waals surface area contributed by atoms with Crippen molar-refractivity contribution in [1.82, 2.24) is 5.32 Å². The van der Waals surface area contributed by atoms with Crippen LogP contribution in [0.25, 0.3) is 6.08 Å². The Bertz CT molecular complexity index is 1660. The van der Waals surface area contributed by atoms with Crippen molar-refractivity contribution in [3.63, 3.8) is 0 Å². The van der Waals surface area contributed by atoms with Crippen molar-refractivity contribution in [1.29, 1.82) is 0 Å².